The standard InChI is InChI=1S/C14H20BrN3O/c1-17(2)10-11-5-8-18(9-6-11)14(19)13-12(15)4-3-7-16-13/h3-4,7,11H,5-6,8-10H2,1-2H3. The molecule has 0 atom stereocenters. The normalized spacial score (nSPS) is 16.9. The Labute approximate surface area is 122 Å². The van der Waals surface area contributed by atoms with Crippen LogP contribution in [0.2, 0.25) is 0 Å². The Balaban J connectivity index is 1.95. The van der Waals surface area contributed by atoms with E-state index in [1.807, 2.05) is 17.0 Å². The average molecular weight is 326 g/mol. The fourth-order valence-electron chi connectivity index (χ4n) is 2.53. The summed E-state index contributed by atoms with van der Waals surface area (Å²) in [6, 6.07) is 3.68. The van der Waals surface area contributed by atoms with Gasteiger partial charge in [0, 0.05) is 30.3 Å². The second-order valence-corrected chi connectivity index (χ2v) is 6.19. The van der Waals surface area contributed by atoms with Crippen LogP contribution < -0.4 is 0 Å². The fraction of sp³-hybridized carbons (Fsp3) is 0.571. The van der Waals surface area contributed by atoms with Crippen molar-refractivity contribution in [3.05, 3.63) is 28.5 Å². The summed E-state index contributed by atoms with van der Waals surface area (Å²) in [6.07, 6.45) is 3.82. The molecule has 0 spiro atoms. The Morgan fingerprint density at radius 1 is 1.47 bits per heavy atom. The summed E-state index contributed by atoms with van der Waals surface area (Å²) in [5, 5.41) is 0. The number of hydrogen-bond acceptors (Lipinski definition) is 3. The van der Waals surface area contributed by atoms with Crippen LogP contribution in [0.5, 0.6) is 0 Å². The van der Waals surface area contributed by atoms with Gasteiger partial charge < -0.3 is 9.80 Å². The van der Waals surface area contributed by atoms with Crippen molar-refractivity contribution in [2.24, 2.45) is 5.92 Å². The third-order valence-corrected chi connectivity index (χ3v) is 4.13. The maximum atomic E-state index is 12.4. The second kappa shape index (κ2) is 6.48. The van der Waals surface area contributed by atoms with Crippen LogP contribution in [0.1, 0.15) is 23.3 Å². The highest BCUT2D eigenvalue weighted by Gasteiger charge is 2.25. The van der Waals surface area contributed by atoms with Crippen LogP contribution >= 0.6 is 15.9 Å². The van der Waals surface area contributed by atoms with E-state index in [9.17, 15) is 4.79 Å². The summed E-state index contributed by atoms with van der Waals surface area (Å²) in [6.45, 7) is 2.77. The van der Waals surface area contributed by atoms with Crippen LogP contribution in [-0.4, -0.2) is 54.4 Å². The molecule has 104 valence electrons. The Hall–Kier alpha value is -0.940. The molecule has 0 bridgehead atoms. The first-order valence-electron chi connectivity index (χ1n) is 6.62. The molecule has 19 heavy (non-hydrogen) atoms. The lowest BCUT2D eigenvalue weighted by Gasteiger charge is -2.33. The quantitative estimate of drug-likeness (QED) is 0.855. The van der Waals surface area contributed by atoms with E-state index in [1.165, 1.54) is 0 Å². The summed E-state index contributed by atoms with van der Waals surface area (Å²) < 4.78 is 0.774. The first-order valence-corrected chi connectivity index (χ1v) is 7.41. The van der Waals surface area contributed by atoms with Crippen molar-refractivity contribution in [1.29, 1.82) is 0 Å². The Morgan fingerprint density at radius 2 is 2.16 bits per heavy atom. The third kappa shape index (κ3) is 3.76. The minimum Gasteiger partial charge on any atom is -0.337 e. The molecular formula is C14H20BrN3O. The van der Waals surface area contributed by atoms with Crippen LogP contribution in [0.15, 0.2) is 22.8 Å². The predicted molar refractivity (Wildman–Crippen MR) is 79.1 cm³/mol. The highest BCUT2D eigenvalue weighted by atomic mass is 79.9. The highest BCUT2D eigenvalue weighted by molar-refractivity contribution is 9.10. The molecule has 2 heterocycles. The van der Waals surface area contributed by atoms with Crippen LogP contribution in [0.25, 0.3) is 0 Å². The van der Waals surface area contributed by atoms with Gasteiger partial charge in [-0.1, -0.05) is 0 Å². The first kappa shape index (κ1) is 14.5. The van der Waals surface area contributed by atoms with E-state index in [2.05, 4.69) is 39.9 Å². The lowest BCUT2D eigenvalue weighted by molar-refractivity contribution is 0.0671. The van der Waals surface area contributed by atoms with Gasteiger partial charge in [-0.05, 0) is 60.9 Å². The minimum absolute atomic E-state index is 0.0378. The molecule has 0 saturated carbocycles. The summed E-state index contributed by atoms with van der Waals surface area (Å²) in [4.78, 5) is 20.7. The molecule has 1 amide bonds. The van der Waals surface area contributed by atoms with Gasteiger partial charge in [-0.15, -0.1) is 0 Å². The molecule has 0 radical (unpaired) electrons. The molecule has 2 rings (SSSR count). The summed E-state index contributed by atoms with van der Waals surface area (Å²) in [5.41, 5.74) is 0.522. The SMILES string of the molecule is CN(C)CC1CCN(C(=O)c2ncccc2Br)CC1. The van der Waals surface area contributed by atoms with E-state index in [1.54, 1.807) is 6.20 Å². The number of rotatable bonds is 3. The largest absolute Gasteiger partial charge is 0.337 e. The van der Waals surface area contributed by atoms with Gasteiger partial charge in [0.25, 0.3) is 5.91 Å². The molecule has 1 fully saturated rings. The van der Waals surface area contributed by atoms with Crippen molar-refractivity contribution < 1.29 is 4.79 Å². The Kier molecular flexibility index (Phi) is 4.93. The summed E-state index contributed by atoms with van der Waals surface area (Å²) in [5.74, 6) is 0.738. The number of likely N-dealkylation sites (tertiary alicyclic amines) is 1. The molecule has 1 saturated heterocycles. The van der Waals surface area contributed by atoms with Gasteiger partial charge >= 0.3 is 0 Å². The molecule has 1 aromatic rings. The number of nitrogens with zero attached hydrogens (tertiary/aromatic N) is 3. The number of piperidine rings is 1. The molecule has 0 aromatic carbocycles. The van der Waals surface area contributed by atoms with Crippen molar-refractivity contribution in [3.63, 3.8) is 0 Å². The minimum atomic E-state index is 0.0378. The van der Waals surface area contributed by atoms with Crippen molar-refractivity contribution in [1.82, 2.24) is 14.8 Å². The lowest BCUT2D eigenvalue weighted by atomic mass is 9.96. The van der Waals surface area contributed by atoms with E-state index < -0.39 is 0 Å². The molecular weight excluding hydrogens is 306 g/mol. The van der Waals surface area contributed by atoms with Crippen molar-refractivity contribution in [2.45, 2.75) is 12.8 Å². The smallest absolute Gasteiger partial charge is 0.273 e. The second-order valence-electron chi connectivity index (χ2n) is 5.33. The van der Waals surface area contributed by atoms with Gasteiger partial charge in [0.15, 0.2) is 0 Å². The summed E-state index contributed by atoms with van der Waals surface area (Å²) >= 11 is 3.39. The third-order valence-electron chi connectivity index (χ3n) is 3.49. The number of amides is 1. The molecule has 4 nitrogen and oxygen atoms in total. The van der Waals surface area contributed by atoms with Gasteiger partial charge in [-0.25, -0.2) is 4.98 Å². The molecule has 0 N–H and O–H groups in total. The van der Waals surface area contributed by atoms with Gasteiger partial charge in [-0.2, -0.15) is 0 Å². The highest BCUT2D eigenvalue weighted by Crippen LogP contribution is 2.21. The predicted octanol–water partition coefficient (Wildman–Crippen LogP) is 2.26. The zero-order chi connectivity index (χ0) is 13.8. The molecule has 1 aliphatic heterocycles. The fourth-order valence-corrected chi connectivity index (χ4v) is 2.95. The number of aromatic nitrogens is 1. The summed E-state index contributed by atoms with van der Waals surface area (Å²) in [7, 11) is 4.20. The van der Waals surface area contributed by atoms with Crippen molar-refractivity contribution in [3.8, 4) is 0 Å². The number of carbonyl (C=O) groups excluding carboxylic acids is 1. The first-order chi connectivity index (χ1) is 9.08. The molecule has 5 heteroatoms. The van der Waals surface area contributed by atoms with E-state index in [-0.39, 0.29) is 5.91 Å². The number of halogens is 1. The average Bonchev–Trinajstić information content (AvgIpc) is 2.39. The maximum absolute atomic E-state index is 12.4. The van der Waals surface area contributed by atoms with E-state index in [0.29, 0.717) is 11.6 Å². The zero-order valence-corrected chi connectivity index (χ0v) is 13.1. The Bertz CT molecular complexity index is 442. The number of carbonyl (C=O) groups is 1. The molecule has 1 aromatic heterocycles. The number of hydrogen-bond donors (Lipinski definition) is 0. The molecule has 0 unspecified atom stereocenters. The van der Waals surface area contributed by atoms with Crippen LogP contribution in [0.3, 0.4) is 0 Å². The molecule has 1 aliphatic rings. The van der Waals surface area contributed by atoms with Crippen molar-refractivity contribution in [2.75, 3.05) is 33.7 Å². The maximum Gasteiger partial charge on any atom is 0.273 e. The van der Waals surface area contributed by atoms with E-state index >= 15 is 0 Å². The van der Waals surface area contributed by atoms with Crippen LogP contribution in [0.4, 0.5) is 0 Å². The van der Waals surface area contributed by atoms with E-state index in [0.717, 1.165) is 36.9 Å². The lowest BCUT2D eigenvalue weighted by Crippen LogP contribution is -2.41. The van der Waals surface area contributed by atoms with Crippen molar-refractivity contribution >= 4 is 21.8 Å². The van der Waals surface area contributed by atoms with Crippen LogP contribution in [0, 0.1) is 5.92 Å². The monoisotopic (exact) mass is 325 g/mol. The van der Waals surface area contributed by atoms with Crippen LogP contribution in [-0.2, 0) is 0 Å². The van der Waals surface area contributed by atoms with Gasteiger partial charge in [0.1, 0.15) is 5.69 Å². The zero-order valence-electron chi connectivity index (χ0n) is 11.5. The van der Waals surface area contributed by atoms with Gasteiger partial charge in [0.05, 0.1) is 0 Å². The topological polar surface area (TPSA) is 36.4 Å². The number of pyridine rings is 1. The Morgan fingerprint density at radius 3 is 2.74 bits per heavy atom. The van der Waals surface area contributed by atoms with Gasteiger partial charge in [-0.3, -0.25) is 4.79 Å². The van der Waals surface area contributed by atoms with Gasteiger partial charge in [0.2, 0.25) is 0 Å². The van der Waals surface area contributed by atoms with E-state index in [4.69, 9.17) is 0 Å². The molecule has 0 aliphatic carbocycles.